The molecule has 1 N–H and O–H groups in total. The van der Waals surface area contributed by atoms with Gasteiger partial charge in [-0.25, -0.2) is 0 Å². The van der Waals surface area contributed by atoms with E-state index >= 15 is 0 Å². The number of aryl methyl sites for hydroxylation is 1. The van der Waals surface area contributed by atoms with E-state index in [1.165, 1.54) is 0 Å². The summed E-state index contributed by atoms with van der Waals surface area (Å²) in [5.41, 5.74) is 1.06. The Balaban J connectivity index is 2.37. The first-order valence-corrected chi connectivity index (χ1v) is 5.88. The average Bonchev–Trinajstić information content (AvgIpc) is 2.28. The molecular weight excluding hydrogens is 196 g/mol. The number of hydrogen-bond acceptors (Lipinski definition) is 1. The Hall–Kier alpha value is -1.50. The Kier molecular flexibility index (Phi) is 3.14. The summed E-state index contributed by atoms with van der Waals surface area (Å²) in [4.78, 5) is 0. The van der Waals surface area contributed by atoms with Crippen LogP contribution in [0.2, 0.25) is 0 Å². The summed E-state index contributed by atoms with van der Waals surface area (Å²) in [6, 6.07) is 12.1. The molecule has 0 amide bonds. The Morgan fingerprint density at radius 2 is 1.81 bits per heavy atom. The van der Waals surface area contributed by atoms with Crippen molar-refractivity contribution >= 4 is 10.8 Å². The number of benzene rings is 2. The molecule has 2 rings (SSSR count). The first kappa shape index (κ1) is 11.0. The van der Waals surface area contributed by atoms with E-state index in [0.717, 1.165) is 29.2 Å². The van der Waals surface area contributed by atoms with Gasteiger partial charge in [-0.15, -0.1) is 0 Å². The van der Waals surface area contributed by atoms with Crippen LogP contribution in [0.15, 0.2) is 36.4 Å². The third kappa shape index (κ3) is 2.19. The van der Waals surface area contributed by atoms with Crippen LogP contribution in [0.1, 0.15) is 25.8 Å². The van der Waals surface area contributed by atoms with E-state index in [1.807, 2.05) is 30.3 Å². The molecule has 0 saturated heterocycles. The van der Waals surface area contributed by atoms with Gasteiger partial charge >= 0.3 is 0 Å². The van der Waals surface area contributed by atoms with Crippen molar-refractivity contribution in [1.82, 2.24) is 0 Å². The van der Waals surface area contributed by atoms with E-state index in [0.29, 0.717) is 11.7 Å². The third-order valence-electron chi connectivity index (χ3n) is 2.98. The summed E-state index contributed by atoms with van der Waals surface area (Å²) in [5, 5.41) is 12.2. The van der Waals surface area contributed by atoms with Gasteiger partial charge in [-0.1, -0.05) is 50.2 Å². The zero-order chi connectivity index (χ0) is 11.5. The van der Waals surface area contributed by atoms with Crippen LogP contribution in [0, 0.1) is 5.92 Å². The smallest absolute Gasteiger partial charge is 0.126 e. The van der Waals surface area contributed by atoms with Gasteiger partial charge in [0.2, 0.25) is 0 Å². The highest BCUT2D eigenvalue weighted by atomic mass is 16.3. The summed E-state index contributed by atoms with van der Waals surface area (Å²) < 4.78 is 0. The third-order valence-corrected chi connectivity index (χ3v) is 2.98. The molecule has 1 nitrogen and oxygen atoms in total. The zero-order valence-electron chi connectivity index (χ0n) is 9.90. The van der Waals surface area contributed by atoms with Gasteiger partial charge in [0.05, 0.1) is 0 Å². The molecule has 0 aliphatic rings. The number of phenolic OH excluding ortho intramolecular Hbond substituents is 1. The number of fused-ring (bicyclic) bond motifs is 1. The van der Waals surface area contributed by atoms with E-state index in [4.69, 9.17) is 0 Å². The lowest BCUT2D eigenvalue weighted by molar-refractivity contribution is 0.469. The van der Waals surface area contributed by atoms with Crippen LogP contribution in [0.5, 0.6) is 5.75 Å². The van der Waals surface area contributed by atoms with Gasteiger partial charge in [-0.05, 0) is 29.7 Å². The first-order valence-electron chi connectivity index (χ1n) is 5.88. The van der Waals surface area contributed by atoms with Gasteiger partial charge < -0.3 is 5.11 Å². The molecule has 0 heterocycles. The maximum atomic E-state index is 10.2. The summed E-state index contributed by atoms with van der Waals surface area (Å²) in [6.07, 6.45) is 2.07. The van der Waals surface area contributed by atoms with Crippen LogP contribution in [-0.4, -0.2) is 5.11 Å². The van der Waals surface area contributed by atoms with Gasteiger partial charge in [-0.2, -0.15) is 0 Å². The van der Waals surface area contributed by atoms with Crippen LogP contribution < -0.4 is 0 Å². The molecule has 0 unspecified atom stereocenters. The van der Waals surface area contributed by atoms with Crippen LogP contribution in [0.3, 0.4) is 0 Å². The number of aromatic hydroxyl groups is 1. The highest BCUT2D eigenvalue weighted by molar-refractivity contribution is 5.89. The predicted molar refractivity (Wildman–Crippen MR) is 68.8 cm³/mol. The SMILES string of the molecule is CC(C)CCc1ccc2ccccc2c1O. The largest absolute Gasteiger partial charge is 0.507 e. The molecule has 84 valence electrons. The Labute approximate surface area is 96.7 Å². The Morgan fingerprint density at radius 1 is 1.06 bits per heavy atom. The molecule has 0 radical (unpaired) electrons. The summed E-state index contributed by atoms with van der Waals surface area (Å²) in [5.74, 6) is 1.13. The molecule has 2 aromatic carbocycles. The lowest BCUT2D eigenvalue weighted by Crippen LogP contribution is -1.93. The second-order valence-corrected chi connectivity index (χ2v) is 4.73. The fourth-order valence-electron chi connectivity index (χ4n) is 1.95. The van der Waals surface area contributed by atoms with Crippen LogP contribution in [0.4, 0.5) is 0 Å². The van der Waals surface area contributed by atoms with Crippen molar-refractivity contribution in [3.63, 3.8) is 0 Å². The van der Waals surface area contributed by atoms with E-state index in [1.54, 1.807) is 0 Å². The monoisotopic (exact) mass is 214 g/mol. The van der Waals surface area contributed by atoms with Gasteiger partial charge in [0.25, 0.3) is 0 Å². The zero-order valence-corrected chi connectivity index (χ0v) is 9.90. The minimum Gasteiger partial charge on any atom is -0.507 e. The molecule has 16 heavy (non-hydrogen) atoms. The van der Waals surface area contributed by atoms with Crippen molar-refractivity contribution in [3.8, 4) is 5.75 Å². The maximum Gasteiger partial charge on any atom is 0.126 e. The van der Waals surface area contributed by atoms with Gasteiger partial charge in [0.15, 0.2) is 0 Å². The number of phenols is 1. The van der Waals surface area contributed by atoms with Crippen LogP contribution in [-0.2, 0) is 6.42 Å². The predicted octanol–water partition coefficient (Wildman–Crippen LogP) is 4.13. The summed E-state index contributed by atoms with van der Waals surface area (Å²) in [7, 11) is 0. The number of hydrogen-bond donors (Lipinski definition) is 1. The minimum absolute atomic E-state index is 0.457. The molecular formula is C15H18O. The quantitative estimate of drug-likeness (QED) is 0.814. The van der Waals surface area contributed by atoms with Crippen molar-refractivity contribution in [3.05, 3.63) is 42.0 Å². The molecule has 0 aliphatic carbocycles. The second kappa shape index (κ2) is 4.56. The van der Waals surface area contributed by atoms with Crippen LogP contribution in [0.25, 0.3) is 10.8 Å². The van der Waals surface area contributed by atoms with Gasteiger partial charge in [-0.3, -0.25) is 0 Å². The van der Waals surface area contributed by atoms with E-state index in [-0.39, 0.29) is 0 Å². The molecule has 0 aliphatic heterocycles. The normalized spacial score (nSPS) is 11.2. The Morgan fingerprint density at radius 3 is 2.56 bits per heavy atom. The molecule has 0 atom stereocenters. The van der Waals surface area contributed by atoms with Gasteiger partial charge in [0, 0.05) is 5.39 Å². The topological polar surface area (TPSA) is 20.2 Å². The lowest BCUT2D eigenvalue weighted by Gasteiger charge is -2.09. The average molecular weight is 214 g/mol. The van der Waals surface area contributed by atoms with E-state index in [2.05, 4.69) is 19.9 Å². The van der Waals surface area contributed by atoms with Crippen molar-refractivity contribution in [2.45, 2.75) is 26.7 Å². The fourth-order valence-corrected chi connectivity index (χ4v) is 1.95. The Bertz CT molecular complexity index is 486. The van der Waals surface area contributed by atoms with Crippen LogP contribution >= 0.6 is 0 Å². The molecule has 0 fully saturated rings. The lowest BCUT2D eigenvalue weighted by atomic mass is 9.99. The van der Waals surface area contributed by atoms with Crippen molar-refractivity contribution in [2.75, 3.05) is 0 Å². The molecule has 0 bridgehead atoms. The van der Waals surface area contributed by atoms with Crippen molar-refractivity contribution in [2.24, 2.45) is 5.92 Å². The molecule has 1 heteroatoms. The highest BCUT2D eigenvalue weighted by Gasteiger charge is 2.06. The van der Waals surface area contributed by atoms with Crippen molar-refractivity contribution < 1.29 is 5.11 Å². The molecule has 0 aromatic heterocycles. The standard InChI is InChI=1S/C15H18O/c1-11(2)7-8-13-10-9-12-5-3-4-6-14(12)15(13)16/h3-6,9-11,16H,7-8H2,1-2H3. The fraction of sp³-hybridized carbons (Fsp3) is 0.333. The highest BCUT2D eigenvalue weighted by Crippen LogP contribution is 2.29. The summed E-state index contributed by atoms with van der Waals surface area (Å²) in [6.45, 7) is 4.41. The molecule has 0 saturated carbocycles. The summed E-state index contributed by atoms with van der Waals surface area (Å²) >= 11 is 0. The van der Waals surface area contributed by atoms with Gasteiger partial charge in [0.1, 0.15) is 5.75 Å². The molecule has 2 aromatic rings. The number of rotatable bonds is 3. The first-order chi connectivity index (χ1) is 7.68. The molecule has 0 spiro atoms. The van der Waals surface area contributed by atoms with Crippen molar-refractivity contribution in [1.29, 1.82) is 0 Å². The maximum absolute atomic E-state index is 10.2. The van der Waals surface area contributed by atoms with E-state index in [9.17, 15) is 5.11 Å². The minimum atomic E-state index is 0.457. The van der Waals surface area contributed by atoms with E-state index < -0.39 is 0 Å². The second-order valence-electron chi connectivity index (χ2n) is 4.73.